The van der Waals surface area contributed by atoms with Crippen LogP contribution < -0.4 is 10.6 Å². The van der Waals surface area contributed by atoms with E-state index in [1.54, 1.807) is 41.5 Å². The van der Waals surface area contributed by atoms with E-state index in [-0.39, 0.29) is 44.9 Å². The van der Waals surface area contributed by atoms with Crippen LogP contribution in [0.3, 0.4) is 0 Å². The number of aromatic nitrogens is 2. The monoisotopic (exact) mass is 773 g/mol. The van der Waals surface area contributed by atoms with E-state index in [1.807, 2.05) is 26.0 Å². The minimum Gasteiger partial charge on any atom is -0.443 e. The molecule has 292 valence electrons. The maximum Gasteiger partial charge on any atom is 0.425 e. The summed E-state index contributed by atoms with van der Waals surface area (Å²) in [6.45, 7) is 14.7. The van der Waals surface area contributed by atoms with Gasteiger partial charge in [-0.05, 0) is 60.5 Å². The minimum atomic E-state index is -1.91. The van der Waals surface area contributed by atoms with Gasteiger partial charge < -0.3 is 41.4 Å². The molecule has 0 radical (unpaired) electrons. The molecular formula is C33H53N5O12P2. The van der Waals surface area contributed by atoms with Crippen LogP contribution in [0.2, 0.25) is 0 Å². The number of rotatable bonds is 21. The van der Waals surface area contributed by atoms with Gasteiger partial charge in [0.05, 0.1) is 64.1 Å². The number of ether oxygens (including phenoxy) is 3. The summed E-state index contributed by atoms with van der Waals surface area (Å²) < 4.78 is 53.7. The average Bonchev–Trinajstić information content (AvgIpc) is 3.44. The highest BCUT2D eigenvalue weighted by atomic mass is 31.2. The maximum absolute atomic E-state index is 13.5. The molecule has 2 heterocycles. The normalized spacial score (nSPS) is 18.6. The third-order valence-electron chi connectivity index (χ3n) is 6.46. The van der Waals surface area contributed by atoms with E-state index in [4.69, 9.17) is 51.9 Å². The Hall–Kier alpha value is -2.82. The lowest BCUT2D eigenvalue weighted by atomic mass is 10.2. The summed E-state index contributed by atoms with van der Waals surface area (Å²) in [5.41, 5.74) is -2.76. The average molecular weight is 774 g/mol. The van der Waals surface area contributed by atoms with Gasteiger partial charge in [0.15, 0.2) is 5.82 Å². The number of anilines is 1. The Balaban J connectivity index is 2.41. The zero-order valence-corrected chi connectivity index (χ0v) is 33.2. The first-order valence-corrected chi connectivity index (χ1v) is 19.5. The predicted molar refractivity (Wildman–Crippen MR) is 191 cm³/mol. The van der Waals surface area contributed by atoms with E-state index in [0.29, 0.717) is 18.1 Å². The molecule has 1 fully saturated rings. The van der Waals surface area contributed by atoms with Crippen molar-refractivity contribution in [3.8, 4) is 12.1 Å². The Kier molecular flexibility index (Phi) is 20.1. The van der Waals surface area contributed by atoms with Crippen LogP contribution in [0, 0.1) is 22.7 Å². The fourth-order valence-corrected chi connectivity index (χ4v) is 6.28. The predicted octanol–water partition coefficient (Wildman–Crippen LogP) is 7.56. The quantitative estimate of drug-likeness (QED) is 0.0874. The Morgan fingerprint density at radius 3 is 1.90 bits per heavy atom. The number of amides is 2. The van der Waals surface area contributed by atoms with Crippen molar-refractivity contribution in [2.45, 2.75) is 130 Å². The summed E-state index contributed by atoms with van der Waals surface area (Å²) in [4.78, 5) is 44.4. The molecule has 1 aliphatic heterocycles. The fourth-order valence-electron chi connectivity index (χ4n) is 4.11. The second kappa shape index (κ2) is 23.1. The third-order valence-corrected chi connectivity index (χ3v) is 8.84. The summed E-state index contributed by atoms with van der Waals surface area (Å²) in [5, 5.41) is 18.0. The molecule has 52 heavy (non-hydrogen) atoms. The van der Waals surface area contributed by atoms with Gasteiger partial charge >= 0.3 is 35.1 Å². The number of nitrogens with zero attached hydrogens (tertiary/aromatic N) is 5. The van der Waals surface area contributed by atoms with Gasteiger partial charge in [0, 0.05) is 12.6 Å². The summed E-state index contributed by atoms with van der Waals surface area (Å²) >= 11 is 0. The molecule has 1 saturated heterocycles. The van der Waals surface area contributed by atoms with Gasteiger partial charge in [-0.15, -0.1) is 0 Å². The lowest BCUT2D eigenvalue weighted by Gasteiger charge is -2.28. The van der Waals surface area contributed by atoms with Crippen LogP contribution in [-0.2, 0) is 41.4 Å². The van der Waals surface area contributed by atoms with E-state index in [1.165, 1.54) is 16.8 Å². The van der Waals surface area contributed by atoms with Crippen LogP contribution >= 0.6 is 17.2 Å². The van der Waals surface area contributed by atoms with Gasteiger partial charge in [0.1, 0.15) is 23.5 Å². The second-order valence-electron chi connectivity index (χ2n) is 13.4. The van der Waals surface area contributed by atoms with Gasteiger partial charge in [-0.3, -0.25) is 4.57 Å². The molecule has 17 nitrogen and oxygen atoms in total. The molecule has 1 aromatic rings. The van der Waals surface area contributed by atoms with Crippen LogP contribution in [0.25, 0.3) is 0 Å². The fraction of sp³-hybridized carbons (Fsp3) is 0.758. The first kappa shape index (κ1) is 45.3. The molecule has 1 aliphatic rings. The number of hydrogen-bond donors (Lipinski definition) is 0. The van der Waals surface area contributed by atoms with Gasteiger partial charge in [-0.2, -0.15) is 20.4 Å². The molecule has 0 saturated carbocycles. The van der Waals surface area contributed by atoms with Crippen LogP contribution in [0.4, 0.5) is 15.4 Å². The molecule has 19 heteroatoms. The summed E-state index contributed by atoms with van der Waals surface area (Å²) in [7, 11) is -3.75. The number of imide groups is 1. The van der Waals surface area contributed by atoms with Crippen molar-refractivity contribution < 1.29 is 50.9 Å². The molecule has 5 atom stereocenters. The first-order valence-electron chi connectivity index (χ1n) is 17.3. The molecule has 2 rings (SSSR count). The number of unbranched alkanes of at least 4 members (excludes halogenated alkanes) is 2. The third kappa shape index (κ3) is 16.9. The maximum atomic E-state index is 13.5. The van der Waals surface area contributed by atoms with Crippen LogP contribution in [-0.4, -0.2) is 78.2 Å². The van der Waals surface area contributed by atoms with E-state index in [9.17, 15) is 14.4 Å². The molecule has 0 aliphatic carbocycles. The molecular weight excluding hydrogens is 720 g/mol. The topological polar surface area (TPSA) is 203 Å². The van der Waals surface area contributed by atoms with Gasteiger partial charge in [0.2, 0.25) is 0 Å². The summed E-state index contributed by atoms with van der Waals surface area (Å²) in [6, 6.07) is 5.35. The SMILES string of the molecule is CCCCOP(OCCC#N)OC[C@H]1O[C@@H](n2ccc(N(C(=O)OC(C)(C)C)C(=O)OC(C)(C)C)nc2=O)C[C@@H]1OP(OCCC#N)OCCCC. The van der Waals surface area contributed by atoms with Crippen molar-refractivity contribution in [2.24, 2.45) is 0 Å². The van der Waals surface area contributed by atoms with Crippen molar-refractivity contribution in [2.75, 3.05) is 37.9 Å². The van der Waals surface area contributed by atoms with E-state index in [0.717, 1.165) is 25.7 Å². The highest BCUT2D eigenvalue weighted by Gasteiger charge is 2.41. The van der Waals surface area contributed by atoms with E-state index >= 15 is 0 Å². The van der Waals surface area contributed by atoms with Crippen molar-refractivity contribution in [3.63, 3.8) is 0 Å². The summed E-state index contributed by atoms with van der Waals surface area (Å²) in [6.07, 6.45) is 0.482. The molecule has 0 bridgehead atoms. The van der Waals surface area contributed by atoms with Crippen LogP contribution in [0.5, 0.6) is 0 Å². The smallest absolute Gasteiger partial charge is 0.425 e. The standard InChI is InChI=1S/C33H53N5O12P2/c1-9-11-19-42-51(43-21-13-16-34)46-24-26-25(50-52(44-20-12-10-2)45-22-14-17-35)23-28(47-26)37-18-15-27(36-29(37)39)38(30(40)48-32(3,4)5)31(41)49-33(6,7)8/h15,18,25-26,28H,9-14,19-24H2,1-8H3/t25-,26+,28+,51?,52?/m0/s1. The highest BCUT2D eigenvalue weighted by molar-refractivity contribution is 7.42. The van der Waals surface area contributed by atoms with Gasteiger partial charge in [-0.1, -0.05) is 26.7 Å². The van der Waals surface area contributed by atoms with Crippen molar-refractivity contribution in [3.05, 3.63) is 22.7 Å². The Bertz CT molecular complexity index is 1360. The van der Waals surface area contributed by atoms with Crippen molar-refractivity contribution in [1.29, 1.82) is 10.5 Å². The number of carbonyl (C=O) groups is 2. The Morgan fingerprint density at radius 1 is 0.885 bits per heavy atom. The zero-order valence-electron chi connectivity index (χ0n) is 31.4. The van der Waals surface area contributed by atoms with Crippen molar-refractivity contribution >= 4 is 35.2 Å². The van der Waals surface area contributed by atoms with E-state index < -0.39 is 64.7 Å². The van der Waals surface area contributed by atoms with Gasteiger partial charge in [-0.25, -0.2) is 14.4 Å². The summed E-state index contributed by atoms with van der Waals surface area (Å²) in [5.74, 6) is -0.307. The Labute approximate surface area is 308 Å². The Morgan fingerprint density at radius 2 is 1.40 bits per heavy atom. The highest BCUT2D eigenvalue weighted by Crippen LogP contribution is 2.47. The molecule has 0 N–H and O–H groups in total. The number of carbonyl (C=O) groups excluding carboxylic acids is 2. The van der Waals surface area contributed by atoms with Gasteiger partial charge in [0.25, 0.3) is 0 Å². The largest absolute Gasteiger partial charge is 0.443 e. The molecule has 2 amide bonds. The van der Waals surface area contributed by atoms with E-state index in [2.05, 4.69) is 4.98 Å². The second-order valence-corrected chi connectivity index (χ2v) is 15.8. The lowest BCUT2D eigenvalue weighted by molar-refractivity contribution is -0.0433. The lowest BCUT2D eigenvalue weighted by Crippen LogP contribution is -2.45. The number of nitriles is 2. The molecule has 0 aromatic carbocycles. The minimum absolute atomic E-state index is 0.0762. The van der Waals surface area contributed by atoms with Crippen LogP contribution in [0.1, 0.15) is 107 Å². The molecule has 1 aromatic heterocycles. The zero-order chi connectivity index (χ0) is 38.7. The van der Waals surface area contributed by atoms with Crippen molar-refractivity contribution in [1.82, 2.24) is 9.55 Å². The first-order chi connectivity index (χ1) is 24.6. The molecule has 2 unspecified atom stereocenters. The number of hydrogen-bond acceptors (Lipinski definition) is 15. The van der Waals surface area contributed by atoms with Crippen LogP contribution in [0.15, 0.2) is 17.1 Å². The molecule has 0 spiro atoms.